The first kappa shape index (κ1) is 25.7. The Kier molecular flexibility index (Phi) is 9.54. The van der Waals surface area contributed by atoms with Crippen LogP contribution in [-0.2, 0) is 23.9 Å². The lowest BCUT2D eigenvalue weighted by molar-refractivity contribution is -0.318. The van der Waals surface area contributed by atoms with Gasteiger partial charge in [0.25, 0.3) is 0 Å². The topological polar surface area (TPSA) is 243 Å². The van der Waals surface area contributed by atoms with Crippen LogP contribution in [0.25, 0.3) is 0 Å². The Morgan fingerprint density at radius 2 is 1.50 bits per heavy atom. The van der Waals surface area contributed by atoms with Gasteiger partial charge in [0.1, 0.15) is 24.4 Å². The highest BCUT2D eigenvalue weighted by Gasteiger charge is 2.48. The number of hydrogen-bond acceptors (Lipinski definition) is 10. The first-order chi connectivity index (χ1) is 13.9. The Bertz CT molecular complexity index is 644. The van der Waals surface area contributed by atoms with Crippen molar-refractivity contribution in [1.82, 2.24) is 10.6 Å². The van der Waals surface area contributed by atoms with Gasteiger partial charge in [-0.2, -0.15) is 0 Å². The lowest BCUT2D eigenvalue weighted by Crippen LogP contribution is -2.65. The molecule has 30 heavy (non-hydrogen) atoms. The van der Waals surface area contributed by atoms with E-state index in [1.54, 1.807) is 0 Å². The van der Waals surface area contributed by atoms with E-state index in [0.717, 1.165) is 0 Å². The monoisotopic (exact) mass is 438 g/mol. The molecular formula is C16H26N2O12. The summed E-state index contributed by atoms with van der Waals surface area (Å²) in [6.07, 6.45) is -6.98. The minimum Gasteiger partial charge on any atom is -0.481 e. The van der Waals surface area contributed by atoms with Gasteiger partial charge in [-0.05, 0) is 12.8 Å². The van der Waals surface area contributed by atoms with Crippen LogP contribution in [0.2, 0.25) is 0 Å². The first-order valence-electron chi connectivity index (χ1n) is 8.98. The van der Waals surface area contributed by atoms with Gasteiger partial charge in [0, 0.05) is 12.8 Å². The minimum absolute atomic E-state index is 0.343. The van der Waals surface area contributed by atoms with Crippen LogP contribution in [0.5, 0.6) is 0 Å². The fourth-order valence-electron chi connectivity index (χ4n) is 2.71. The number of aliphatic carboxylic acids is 3. The molecule has 9 N–H and O–H groups in total. The fraction of sp³-hybridized carbons (Fsp3) is 0.750. The summed E-state index contributed by atoms with van der Waals surface area (Å²) in [6, 6.07) is -2.92. The lowest BCUT2D eigenvalue weighted by atomic mass is 9.96. The molecule has 0 aromatic heterocycles. The third-order valence-electron chi connectivity index (χ3n) is 4.51. The van der Waals surface area contributed by atoms with Crippen LogP contribution in [0.15, 0.2) is 0 Å². The zero-order valence-corrected chi connectivity index (χ0v) is 15.8. The van der Waals surface area contributed by atoms with Gasteiger partial charge in [0.15, 0.2) is 0 Å². The number of aliphatic hydroxyl groups is 4. The molecule has 6 atom stereocenters. The molecule has 1 saturated heterocycles. The molecule has 0 spiro atoms. The summed E-state index contributed by atoms with van der Waals surface area (Å²) in [5.74, 6) is -7.44. The van der Waals surface area contributed by atoms with E-state index in [0.29, 0.717) is 0 Å². The van der Waals surface area contributed by atoms with Crippen molar-refractivity contribution in [3.05, 3.63) is 0 Å². The predicted octanol–water partition coefficient (Wildman–Crippen LogP) is -3.95. The van der Waals surface area contributed by atoms with Crippen molar-refractivity contribution in [2.45, 2.75) is 61.9 Å². The zero-order chi connectivity index (χ0) is 23.1. The highest BCUT2D eigenvalue weighted by molar-refractivity contribution is 5.87. The van der Waals surface area contributed by atoms with Crippen LogP contribution < -0.4 is 10.6 Å². The molecule has 1 rings (SSSR count). The van der Waals surface area contributed by atoms with Gasteiger partial charge in [-0.15, -0.1) is 0 Å². The maximum Gasteiger partial charge on any atom is 0.326 e. The Labute approximate surface area is 170 Å². The van der Waals surface area contributed by atoms with Crippen molar-refractivity contribution >= 4 is 23.8 Å². The molecule has 1 heterocycles. The summed E-state index contributed by atoms with van der Waals surface area (Å²) < 4.78 is 4.93. The minimum atomic E-state index is -2.42. The van der Waals surface area contributed by atoms with Crippen LogP contribution in [0.1, 0.15) is 25.7 Å². The predicted molar refractivity (Wildman–Crippen MR) is 94.0 cm³/mol. The summed E-state index contributed by atoms with van der Waals surface area (Å²) >= 11 is 0. The Balaban J connectivity index is 2.84. The van der Waals surface area contributed by atoms with Crippen LogP contribution in [-0.4, -0.2) is 109 Å². The molecule has 0 aromatic rings. The maximum absolute atomic E-state index is 12.4. The van der Waals surface area contributed by atoms with Gasteiger partial charge in [0.05, 0.1) is 19.2 Å². The van der Waals surface area contributed by atoms with E-state index in [4.69, 9.17) is 20.1 Å². The summed E-state index contributed by atoms with van der Waals surface area (Å²) in [5.41, 5.74) is 0. The van der Waals surface area contributed by atoms with Gasteiger partial charge < -0.3 is 51.1 Å². The van der Waals surface area contributed by atoms with Crippen molar-refractivity contribution in [3.63, 3.8) is 0 Å². The van der Waals surface area contributed by atoms with Gasteiger partial charge in [-0.1, -0.05) is 0 Å². The number of hydrogen-bond donors (Lipinski definition) is 9. The highest BCUT2D eigenvalue weighted by Crippen LogP contribution is 2.23. The second-order valence-corrected chi connectivity index (χ2v) is 6.86. The molecule has 0 radical (unpaired) electrons. The molecule has 0 aliphatic carbocycles. The van der Waals surface area contributed by atoms with Gasteiger partial charge >= 0.3 is 17.9 Å². The molecule has 172 valence electrons. The SMILES string of the molecule is O=C(O)CC[C@H](NC(=O)[C@H](CCC(=O)O)NC[C@@]1(O)OC[C@@H](O)[C@@H](O)[C@@H]1O)C(=O)O. The Morgan fingerprint density at radius 3 is 2.00 bits per heavy atom. The van der Waals surface area contributed by atoms with Crippen molar-refractivity contribution in [1.29, 1.82) is 0 Å². The van der Waals surface area contributed by atoms with E-state index in [1.165, 1.54) is 0 Å². The third kappa shape index (κ3) is 7.47. The zero-order valence-electron chi connectivity index (χ0n) is 15.8. The molecule has 0 bridgehead atoms. The number of amides is 1. The number of carbonyl (C=O) groups is 4. The van der Waals surface area contributed by atoms with Crippen LogP contribution in [0.3, 0.4) is 0 Å². The summed E-state index contributed by atoms with van der Waals surface area (Å²) in [7, 11) is 0. The molecule has 1 aliphatic heterocycles. The second-order valence-electron chi connectivity index (χ2n) is 6.86. The molecule has 14 heteroatoms. The molecule has 0 saturated carbocycles. The van der Waals surface area contributed by atoms with E-state index < -0.39 is 92.4 Å². The normalized spacial score (nSPS) is 28.3. The van der Waals surface area contributed by atoms with Crippen LogP contribution in [0.4, 0.5) is 0 Å². The molecule has 1 amide bonds. The molecule has 0 aromatic carbocycles. The van der Waals surface area contributed by atoms with Crippen molar-refractivity contribution in [2.75, 3.05) is 13.2 Å². The summed E-state index contributed by atoms with van der Waals surface area (Å²) in [5, 5.41) is 70.6. The van der Waals surface area contributed by atoms with Gasteiger partial charge in [-0.3, -0.25) is 14.4 Å². The second kappa shape index (κ2) is 11.1. The van der Waals surface area contributed by atoms with Crippen molar-refractivity contribution in [3.8, 4) is 0 Å². The van der Waals surface area contributed by atoms with Gasteiger partial charge in [-0.25, -0.2) is 4.79 Å². The van der Waals surface area contributed by atoms with E-state index in [1.807, 2.05) is 0 Å². The number of aliphatic hydroxyl groups excluding tert-OH is 3. The first-order valence-corrected chi connectivity index (χ1v) is 8.98. The van der Waals surface area contributed by atoms with E-state index in [9.17, 15) is 39.6 Å². The number of nitrogens with one attached hydrogen (secondary N) is 2. The standard InChI is InChI=1S/C16H26N2O12/c19-9-5-30-16(29,13(25)12(9)24)6-17-7(1-3-10(20)21)14(26)18-8(15(27)28)2-4-11(22)23/h7-9,12-13,17,19,24-25,29H,1-6H2,(H,18,26)(H,20,21)(H,22,23)(H,27,28)/t7-,8-,9+,12+,13-,16+/m0/s1. The number of carbonyl (C=O) groups excluding carboxylic acids is 1. The van der Waals surface area contributed by atoms with E-state index in [2.05, 4.69) is 10.6 Å². The van der Waals surface area contributed by atoms with Crippen molar-refractivity contribution in [2.24, 2.45) is 0 Å². The molecule has 0 unspecified atom stereocenters. The van der Waals surface area contributed by atoms with Gasteiger partial charge in [0.2, 0.25) is 11.7 Å². The molecular weight excluding hydrogens is 412 g/mol. The smallest absolute Gasteiger partial charge is 0.326 e. The van der Waals surface area contributed by atoms with E-state index in [-0.39, 0.29) is 6.42 Å². The quantitative estimate of drug-likeness (QED) is 0.141. The number of carboxylic acids is 3. The Morgan fingerprint density at radius 1 is 0.967 bits per heavy atom. The number of ether oxygens (including phenoxy) is 1. The van der Waals surface area contributed by atoms with Crippen LogP contribution in [0, 0.1) is 0 Å². The highest BCUT2D eigenvalue weighted by atomic mass is 16.6. The average molecular weight is 438 g/mol. The summed E-state index contributed by atoms with van der Waals surface area (Å²) in [4.78, 5) is 45.1. The largest absolute Gasteiger partial charge is 0.481 e. The number of carboxylic acid groups (broad SMARTS) is 3. The van der Waals surface area contributed by atoms with Crippen molar-refractivity contribution < 1.29 is 59.7 Å². The molecule has 1 fully saturated rings. The maximum atomic E-state index is 12.4. The fourth-order valence-corrected chi connectivity index (χ4v) is 2.71. The molecule has 14 nitrogen and oxygen atoms in total. The summed E-state index contributed by atoms with van der Waals surface area (Å²) in [6.45, 7) is -1.21. The number of rotatable bonds is 12. The Hall–Kier alpha value is -2.36. The lowest BCUT2D eigenvalue weighted by Gasteiger charge is -2.42. The third-order valence-corrected chi connectivity index (χ3v) is 4.51. The van der Waals surface area contributed by atoms with Crippen LogP contribution >= 0.6 is 0 Å². The molecule has 1 aliphatic rings. The average Bonchev–Trinajstić information content (AvgIpc) is 2.66. The van der Waals surface area contributed by atoms with E-state index >= 15 is 0 Å².